The fourth-order valence-corrected chi connectivity index (χ4v) is 9.11. The van der Waals surface area contributed by atoms with Gasteiger partial charge >= 0.3 is 0 Å². The van der Waals surface area contributed by atoms with Crippen molar-refractivity contribution in [1.82, 2.24) is 19.8 Å². The largest absolute Gasteiger partial charge is 0.386 e. The van der Waals surface area contributed by atoms with E-state index >= 15 is 0 Å². The third-order valence-electron chi connectivity index (χ3n) is 10.4. The van der Waals surface area contributed by atoms with Crippen LogP contribution >= 0.6 is 0 Å². The van der Waals surface area contributed by atoms with Crippen molar-refractivity contribution < 1.29 is 0 Å². The van der Waals surface area contributed by atoms with Gasteiger partial charge in [0.15, 0.2) is 0 Å². The van der Waals surface area contributed by atoms with Gasteiger partial charge in [0.2, 0.25) is 0 Å². The van der Waals surface area contributed by atoms with E-state index in [-0.39, 0.29) is 0 Å². The highest BCUT2D eigenvalue weighted by Gasteiger charge is 2.45. The summed E-state index contributed by atoms with van der Waals surface area (Å²) in [5.41, 5.74) is 3.75. The van der Waals surface area contributed by atoms with E-state index < -0.39 is 0 Å². The van der Waals surface area contributed by atoms with Gasteiger partial charge in [-0.05, 0) is 81.8 Å². The lowest BCUT2D eigenvalue weighted by molar-refractivity contribution is -0.0420. The van der Waals surface area contributed by atoms with Crippen molar-refractivity contribution in [3.63, 3.8) is 0 Å². The highest BCUT2D eigenvalue weighted by molar-refractivity contribution is 5.76. The highest BCUT2D eigenvalue weighted by atomic mass is 15.3. The predicted octanol–water partition coefficient (Wildman–Crippen LogP) is 6.76. The van der Waals surface area contributed by atoms with Gasteiger partial charge in [0.1, 0.15) is 5.82 Å². The van der Waals surface area contributed by atoms with Gasteiger partial charge in [-0.15, -0.1) is 0 Å². The summed E-state index contributed by atoms with van der Waals surface area (Å²) in [7, 11) is 0. The number of fused-ring (bicyclic) bond motifs is 5. The molecule has 1 N–H and O–H groups in total. The van der Waals surface area contributed by atoms with E-state index in [4.69, 9.17) is 4.98 Å². The van der Waals surface area contributed by atoms with E-state index in [2.05, 4.69) is 45.6 Å². The number of allylic oxidation sites excluding steroid dienone is 1. The number of benzene rings is 1. The van der Waals surface area contributed by atoms with Gasteiger partial charge in [0.05, 0.1) is 11.0 Å². The molecule has 4 nitrogen and oxygen atoms in total. The Bertz CT molecular complexity index is 1040. The summed E-state index contributed by atoms with van der Waals surface area (Å²) in [6, 6.07) is 12.4. The first-order valence-electron chi connectivity index (χ1n) is 14.9. The summed E-state index contributed by atoms with van der Waals surface area (Å²) in [6.45, 7) is 4.18. The van der Waals surface area contributed by atoms with Crippen LogP contribution < -0.4 is 5.32 Å². The topological polar surface area (TPSA) is 33.1 Å². The molecule has 2 aromatic rings. The van der Waals surface area contributed by atoms with Crippen LogP contribution in [0.4, 0.5) is 0 Å². The number of hydrogen-bond donors (Lipinski definition) is 1. The monoisotopic (exact) mass is 472 g/mol. The maximum Gasteiger partial charge on any atom is 0.112 e. The molecular formula is C31H44N4. The molecule has 0 unspecified atom stereocenters. The van der Waals surface area contributed by atoms with Crippen LogP contribution in [0.25, 0.3) is 11.0 Å². The van der Waals surface area contributed by atoms with E-state index in [1.165, 1.54) is 106 Å². The second kappa shape index (κ2) is 9.25. The summed E-state index contributed by atoms with van der Waals surface area (Å²) in [5.74, 6) is 3.33. The van der Waals surface area contributed by atoms with Crippen molar-refractivity contribution in [2.75, 3.05) is 0 Å². The Morgan fingerprint density at radius 2 is 1.54 bits per heavy atom. The molecule has 5 fully saturated rings. The molecule has 7 atom stereocenters. The fourth-order valence-electron chi connectivity index (χ4n) is 9.11. The molecule has 2 aliphatic carbocycles. The molecule has 4 heterocycles. The minimum absolute atomic E-state index is 0.489. The number of piperidine rings is 2. The molecule has 0 amide bonds. The molecule has 2 saturated carbocycles. The minimum Gasteiger partial charge on any atom is -0.386 e. The Hall–Kier alpha value is -1.81. The molecule has 3 aliphatic heterocycles. The average Bonchev–Trinajstić information content (AvgIpc) is 3.38. The molecule has 7 rings (SSSR count). The van der Waals surface area contributed by atoms with Crippen molar-refractivity contribution >= 4 is 11.0 Å². The molecule has 5 aliphatic rings. The summed E-state index contributed by atoms with van der Waals surface area (Å²) < 4.78 is 2.70. The van der Waals surface area contributed by atoms with E-state index in [1.807, 2.05) is 0 Å². The molecule has 0 spiro atoms. The molecule has 4 heteroatoms. The second-order valence-electron chi connectivity index (χ2n) is 12.8. The third-order valence-corrected chi connectivity index (χ3v) is 10.4. The Labute approximate surface area is 211 Å². The number of aromatic nitrogens is 2. The van der Waals surface area contributed by atoms with Gasteiger partial charge in [0, 0.05) is 42.3 Å². The van der Waals surface area contributed by atoms with Crippen molar-refractivity contribution in [2.45, 2.75) is 127 Å². The van der Waals surface area contributed by atoms with Crippen molar-refractivity contribution in [2.24, 2.45) is 11.8 Å². The Morgan fingerprint density at radius 3 is 2.26 bits per heavy atom. The zero-order valence-electron chi connectivity index (χ0n) is 21.5. The number of nitrogens with zero attached hydrogens (tertiary/aromatic N) is 3. The summed E-state index contributed by atoms with van der Waals surface area (Å²) in [5, 5.41) is 3.64. The van der Waals surface area contributed by atoms with Gasteiger partial charge in [-0.3, -0.25) is 4.90 Å². The van der Waals surface area contributed by atoms with Crippen LogP contribution in [0.5, 0.6) is 0 Å². The number of para-hydroxylation sites is 2. The molecule has 0 radical (unpaired) electrons. The summed E-state index contributed by atoms with van der Waals surface area (Å²) in [4.78, 5) is 8.31. The normalized spacial score (nSPS) is 37.8. The average molecular weight is 473 g/mol. The first-order valence-corrected chi connectivity index (χ1v) is 14.9. The van der Waals surface area contributed by atoms with Crippen LogP contribution in [-0.4, -0.2) is 38.6 Å². The number of nitrogens with one attached hydrogen (secondary N) is 1. The van der Waals surface area contributed by atoms with Crippen LogP contribution in [-0.2, 0) is 6.42 Å². The van der Waals surface area contributed by atoms with Gasteiger partial charge < -0.3 is 9.88 Å². The fraction of sp³-hybridized carbons (Fsp3) is 0.710. The minimum atomic E-state index is 0.489. The standard InChI is InChI=1S/C31H44N4/c1-21-13-14-24(32-21)18-31-33-29-11-4-5-12-30(29)35(31)28-19-25-9-6-10-26(20-28)34(25)27-16-22-7-2-3-8-23(15-22)17-27/h4-5,11-12,22-28,32H,1-3,6-10,13-20H2/t22-,23+,24-,25-,26+,27-,28+/m0/s1. The van der Waals surface area contributed by atoms with Crippen LogP contribution in [0, 0.1) is 11.8 Å². The zero-order chi connectivity index (χ0) is 23.4. The lowest BCUT2D eigenvalue weighted by Crippen LogP contribution is -2.58. The second-order valence-corrected chi connectivity index (χ2v) is 12.8. The van der Waals surface area contributed by atoms with Gasteiger partial charge in [-0.1, -0.05) is 50.8 Å². The Balaban J connectivity index is 1.17. The number of imidazole rings is 1. The van der Waals surface area contributed by atoms with Crippen LogP contribution in [0.3, 0.4) is 0 Å². The molecule has 188 valence electrons. The number of rotatable bonds is 4. The maximum atomic E-state index is 5.21. The van der Waals surface area contributed by atoms with Gasteiger partial charge in [-0.2, -0.15) is 0 Å². The Morgan fingerprint density at radius 1 is 0.800 bits per heavy atom. The molecule has 4 bridgehead atoms. The van der Waals surface area contributed by atoms with Crippen LogP contribution in [0.2, 0.25) is 0 Å². The highest BCUT2D eigenvalue weighted by Crippen LogP contribution is 2.47. The molecular weight excluding hydrogens is 428 g/mol. The predicted molar refractivity (Wildman–Crippen MR) is 143 cm³/mol. The molecule has 1 aromatic carbocycles. The third kappa shape index (κ3) is 4.24. The van der Waals surface area contributed by atoms with E-state index in [1.54, 1.807) is 0 Å². The summed E-state index contributed by atoms with van der Waals surface area (Å²) in [6.07, 6.45) is 20.7. The quantitative estimate of drug-likeness (QED) is 0.533. The van der Waals surface area contributed by atoms with E-state index in [0.29, 0.717) is 12.1 Å². The van der Waals surface area contributed by atoms with Crippen LogP contribution in [0.15, 0.2) is 36.5 Å². The van der Waals surface area contributed by atoms with E-state index in [0.717, 1.165) is 42.8 Å². The number of hydrogen-bond acceptors (Lipinski definition) is 3. The zero-order valence-corrected chi connectivity index (χ0v) is 21.5. The van der Waals surface area contributed by atoms with E-state index in [9.17, 15) is 0 Å². The smallest absolute Gasteiger partial charge is 0.112 e. The molecule has 1 aromatic heterocycles. The Kier molecular flexibility index (Phi) is 5.92. The SMILES string of the molecule is C=C1CC[C@@H](Cc2nc3ccccc3n2[C@H]2C[C@H]3CCC[C@@H](C2)N3[C@@H]2C[C@@H]3CCCC[C@@H](C3)C2)N1. The lowest BCUT2D eigenvalue weighted by atomic mass is 9.73. The van der Waals surface area contributed by atoms with Gasteiger partial charge in [0.25, 0.3) is 0 Å². The maximum absolute atomic E-state index is 5.21. The first kappa shape index (κ1) is 22.4. The lowest BCUT2D eigenvalue weighted by Gasteiger charge is -2.54. The van der Waals surface area contributed by atoms with Crippen molar-refractivity contribution in [1.29, 1.82) is 0 Å². The van der Waals surface area contributed by atoms with Crippen molar-refractivity contribution in [3.05, 3.63) is 42.4 Å². The van der Waals surface area contributed by atoms with Crippen molar-refractivity contribution in [3.8, 4) is 0 Å². The first-order chi connectivity index (χ1) is 17.2. The van der Waals surface area contributed by atoms with Gasteiger partial charge in [-0.25, -0.2) is 4.98 Å². The van der Waals surface area contributed by atoms with Crippen LogP contribution in [0.1, 0.15) is 102 Å². The summed E-state index contributed by atoms with van der Waals surface area (Å²) >= 11 is 0. The molecule has 3 saturated heterocycles. The molecule has 35 heavy (non-hydrogen) atoms.